The number of nitrogens with one attached hydrogen (secondary N) is 2. The van der Waals surface area contributed by atoms with E-state index in [2.05, 4.69) is 10.6 Å². The molecule has 1 saturated heterocycles. The van der Waals surface area contributed by atoms with Gasteiger partial charge in [0.15, 0.2) is 5.57 Å². The van der Waals surface area contributed by atoms with Gasteiger partial charge in [-0.15, -0.1) is 0 Å². The van der Waals surface area contributed by atoms with Crippen LogP contribution in [0, 0.1) is 5.82 Å². The van der Waals surface area contributed by atoms with Gasteiger partial charge in [-0.1, -0.05) is 0 Å². The number of rotatable bonds is 2. The maximum absolute atomic E-state index is 14.0. The van der Waals surface area contributed by atoms with E-state index in [1.165, 1.54) is 26.0 Å². The fourth-order valence-electron chi connectivity index (χ4n) is 2.28. The first-order valence-electron chi connectivity index (χ1n) is 6.81. The van der Waals surface area contributed by atoms with Crippen molar-refractivity contribution in [2.45, 2.75) is 26.1 Å². The summed E-state index contributed by atoms with van der Waals surface area (Å²) in [5.41, 5.74) is 0.647. The molecule has 1 aromatic carbocycles. The molecule has 0 radical (unpaired) electrons. The summed E-state index contributed by atoms with van der Waals surface area (Å²) in [5.74, 6) is -3.91. The number of amides is 1. The second-order valence-electron chi connectivity index (χ2n) is 5.60. The number of ether oxygens (including phenoxy) is 2. The Kier molecular flexibility index (Phi) is 3.32. The van der Waals surface area contributed by atoms with Gasteiger partial charge in [0.1, 0.15) is 5.82 Å². The Balaban J connectivity index is 1.83. The van der Waals surface area contributed by atoms with Crippen molar-refractivity contribution >= 4 is 29.2 Å². The number of carbonyl (C=O) groups is 3. The summed E-state index contributed by atoms with van der Waals surface area (Å²) in [4.78, 5) is 34.8. The van der Waals surface area contributed by atoms with Gasteiger partial charge in [-0.2, -0.15) is 0 Å². The van der Waals surface area contributed by atoms with Crippen LogP contribution in [-0.4, -0.2) is 23.6 Å². The Morgan fingerprint density at radius 2 is 1.87 bits per heavy atom. The Hall–Kier alpha value is -2.90. The normalized spacial score (nSPS) is 18.7. The third-order valence-electron chi connectivity index (χ3n) is 3.31. The van der Waals surface area contributed by atoms with E-state index in [1.807, 2.05) is 0 Å². The first kappa shape index (κ1) is 15.0. The Bertz CT molecular complexity index is 747. The molecule has 1 amide bonds. The van der Waals surface area contributed by atoms with Crippen LogP contribution in [0.25, 0.3) is 0 Å². The van der Waals surface area contributed by atoms with Crippen molar-refractivity contribution in [2.75, 3.05) is 10.6 Å². The molecule has 0 spiro atoms. The predicted octanol–water partition coefficient (Wildman–Crippen LogP) is 1.45. The Morgan fingerprint density at radius 3 is 2.52 bits per heavy atom. The molecule has 2 aliphatic heterocycles. The van der Waals surface area contributed by atoms with E-state index in [0.29, 0.717) is 11.3 Å². The number of cyclic esters (lactones) is 2. The average Bonchev–Trinajstić information content (AvgIpc) is 2.75. The van der Waals surface area contributed by atoms with Crippen LogP contribution in [0.5, 0.6) is 0 Å². The first-order chi connectivity index (χ1) is 10.7. The van der Waals surface area contributed by atoms with Gasteiger partial charge < -0.3 is 20.1 Å². The maximum atomic E-state index is 14.0. The van der Waals surface area contributed by atoms with E-state index in [9.17, 15) is 18.8 Å². The van der Waals surface area contributed by atoms with Crippen molar-refractivity contribution in [3.05, 3.63) is 35.3 Å². The lowest BCUT2D eigenvalue weighted by Gasteiger charge is -2.29. The molecule has 0 aliphatic carbocycles. The highest BCUT2D eigenvalue weighted by atomic mass is 19.1. The third kappa shape index (κ3) is 2.87. The molecule has 23 heavy (non-hydrogen) atoms. The molecule has 0 aromatic heterocycles. The topological polar surface area (TPSA) is 93.7 Å². The number of carbonyl (C=O) groups excluding carboxylic acids is 3. The lowest BCUT2D eigenvalue weighted by atomic mass is 10.1. The van der Waals surface area contributed by atoms with Crippen molar-refractivity contribution in [3.63, 3.8) is 0 Å². The molecule has 0 unspecified atom stereocenters. The molecule has 7 nitrogen and oxygen atoms in total. The number of anilines is 2. The number of benzene rings is 1. The zero-order valence-electron chi connectivity index (χ0n) is 12.4. The number of hydrogen-bond donors (Lipinski definition) is 2. The number of esters is 2. The molecule has 2 heterocycles. The number of hydrogen-bond acceptors (Lipinski definition) is 6. The molecule has 0 saturated carbocycles. The molecule has 2 N–H and O–H groups in total. The van der Waals surface area contributed by atoms with Crippen LogP contribution in [0.15, 0.2) is 23.9 Å². The van der Waals surface area contributed by atoms with Crippen LogP contribution in [-0.2, 0) is 30.3 Å². The zero-order valence-corrected chi connectivity index (χ0v) is 12.4. The molecule has 0 atom stereocenters. The second kappa shape index (κ2) is 5.08. The molecule has 0 bridgehead atoms. The number of halogens is 1. The monoisotopic (exact) mass is 320 g/mol. The van der Waals surface area contributed by atoms with Crippen molar-refractivity contribution in [3.8, 4) is 0 Å². The standard InChI is InChI=1S/C15H13FN2O5/c1-15(2)22-13(20)8(14(21)23-15)6-17-11-5-10-7(3-9(11)16)4-12(19)18-10/h3,5-6,17H,4H2,1-2H3,(H,18,19). The van der Waals surface area contributed by atoms with Gasteiger partial charge in [0.25, 0.3) is 5.79 Å². The lowest BCUT2D eigenvalue weighted by molar-refractivity contribution is -0.222. The van der Waals surface area contributed by atoms with Gasteiger partial charge in [0.2, 0.25) is 5.91 Å². The van der Waals surface area contributed by atoms with E-state index in [4.69, 9.17) is 9.47 Å². The Labute approximate surface area is 130 Å². The summed E-state index contributed by atoms with van der Waals surface area (Å²) in [5, 5.41) is 5.11. The minimum atomic E-state index is -1.34. The molecular weight excluding hydrogens is 307 g/mol. The maximum Gasteiger partial charge on any atom is 0.350 e. The summed E-state index contributed by atoms with van der Waals surface area (Å²) >= 11 is 0. The van der Waals surface area contributed by atoms with Crippen LogP contribution < -0.4 is 10.6 Å². The fourth-order valence-corrected chi connectivity index (χ4v) is 2.28. The second-order valence-corrected chi connectivity index (χ2v) is 5.60. The van der Waals surface area contributed by atoms with Gasteiger partial charge in [-0.25, -0.2) is 14.0 Å². The van der Waals surface area contributed by atoms with Gasteiger partial charge >= 0.3 is 11.9 Å². The summed E-state index contributed by atoms with van der Waals surface area (Å²) in [6.45, 7) is 2.85. The highest BCUT2D eigenvalue weighted by Gasteiger charge is 2.39. The van der Waals surface area contributed by atoms with E-state index in [-0.39, 0.29) is 23.6 Å². The SMILES string of the molecule is CC1(C)OC(=O)C(=CNc2cc3c(cc2F)CC(=O)N3)C(=O)O1. The van der Waals surface area contributed by atoms with Crippen LogP contribution in [0.2, 0.25) is 0 Å². The van der Waals surface area contributed by atoms with E-state index in [0.717, 1.165) is 6.20 Å². The summed E-state index contributed by atoms with van der Waals surface area (Å²) in [7, 11) is 0. The lowest BCUT2D eigenvalue weighted by Crippen LogP contribution is -2.42. The third-order valence-corrected chi connectivity index (χ3v) is 3.31. The largest absolute Gasteiger partial charge is 0.419 e. The molecule has 1 fully saturated rings. The molecule has 1 aromatic rings. The van der Waals surface area contributed by atoms with Gasteiger partial charge in [0, 0.05) is 25.7 Å². The minimum Gasteiger partial charge on any atom is -0.419 e. The average molecular weight is 320 g/mol. The number of fused-ring (bicyclic) bond motifs is 1. The van der Waals surface area contributed by atoms with Gasteiger partial charge in [-0.3, -0.25) is 4.79 Å². The van der Waals surface area contributed by atoms with E-state index < -0.39 is 23.5 Å². The van der Waals surface area contributed by atoms with E-state index in [1.54, 1.807) is 0 Å². The summed E-state index contributed by atoms with van der Waals surface area (Å²) < 4.78 is 23.8. The molecule has 3 rings (SSSR count). The quantitative estimate of drug-likeness (QED) is 0.487. The van der Waals surface area contributed by atoms with Crippen molar-refractivity contribution in [1.29, 1.82) is 0 Å². The highest BCUT2D eigenvalue weighted by molar-refractivity contribution is 6.15. The molecule has 8 heteroatoms. The summed E-state index contributed by atoms with van der Waals surface area (Å²) in [6, 6.07) is 2.60. The summed E-state index contributed by atoms with van der Waals surface area (Å²) in [6.07, 6.45) is 1.13. The van der Waals surface area contributed by atoms with Crippen LogP contribution >= 0.6 is 0 Å². The van der Waals surface area contributed by atoms with Crippen LogP contribution in [0.1, 0.15) is 19.4 Å². The van der Waals surface area contributed by atoms with Crippen molar-refractivity contribution < 1.29 is 28.2 Å². The fraction of sp³-hybridized carbons (Fsp3) is 0.267. The van der Waals surface area contributed by atoms with Gasteiger partial charge in [-0.05, 0) is 17.7 Å². The van der Waals surface area contributed by atoms with Crippen molar-refractivity contribution in [2.24, 2.45) is 0 Å². The molecule has 2 aliphatic rings. The first-order valence-corrected chi connectivity index (χ1v) is 6.81. The Morgan fingerprint density at radius 1 is 1.22 bits per heavy atom. The minimum absolute atomic E-state index is 0.00360. The molecular formula is C15H13FN2O5. The highest BCUT2D eigenvalue weighted by Crippen LogP contribution is 2.29. The zero-order chi connectivity index (χ0) is 16.8. The van der Waals surface area contributed by atoms with E-state index >= 15 is 0 Å². The van der Waals surface area contributed by atoms with Crippen LogP contribution in [0.4, 0.5) is 15.8 Å². The predicted molar refractivity (Wildman–Crippen MR) is 76.7 cm³/mol. The van der Waals surface area contributed by atoms with Crippen LogP contribution in [0.3, 0.4) is 0 Å². The van der Waals surface area contributed by atoms with Crippen molar-refractivity contribution in [1.82, 2.24) is 0 Å². The smallest absolute Gasteiger partial charge is 0.350 e. The van der Waals surface area contributed by atoms with Gasteiger partial charge in [0.05, 0.1) is 12.1 Å². The molecule has 120 valence electrons.